The Morgan fingerprint density at radius 2 is 1.94 bits per heavy atom. The van der Waals surface area contributed by atoms with Crippen molar-refractivity contribution in [3.8, 4) is 0 Å². The van der Waals surface area contributed by atoms with Crippen molar-refractivity contribution in [3.05, 3.63) is 29.8 Å². The van der Waals surface area contributed by atoms with Crippen molar-refractivity contribution in [2.24, 2.45) is 0 Å². The Labute approximate surface area is 115 Å². The van der Waals surface area contributed by atoms with E-state index in [-0.39, 0.29) is 0 Å². The number of aryl methyl sites for hydroxylation is 1. The lowest BCUT2D eigenvalue weighted by molar-refractivity contribution is 0.261. The third kappa shape index (κ3) is 3.00. The molecule has 1 aromatic carbocycles. The molecule has 0 spiro atoms. The fraction of sp³-hybridized carbons (Fsp3) is 0.500. The maximum atomic E-state index is 5.40. The lowest BCUT2D eigenvalue weighted by Crippen LogP contribution is -2.56. The van der Waals surface area contributed by atoms with Gasteiger partial charge in [-0.3, -0.25) is 4.90 Å². The first-order valence-corrected chi connectivity index (χ1v) is 7.02. The molecule has 18 heavy (non-hydrogen) atoms. The van der Waals surface area contributed by atoms with Gasteiger partial charge in [0.15, 0.2) is 5.11 Å². The van der Waals surface area contributed by atoms with Crippen LogP contribution in [0.2, 0.25) is 0 Å². The molecule has 1 fully saturated rings. The van der Waals surface area contributed by atoms with Gasteiger partial charge in [0.05, 0.1) is 13.3 Å². The highest BCUT2D eigenvalue weighted by Crippen LogP contribution is 2.18. The van der Waals surface area contributed by atoms with Gasteiger partial charge in [-0.1, -0.05) is 26.0 Å². The normalized spacial score (nSPS) is 16.8. The van der Waals surface area contributed by atoms with Gasteiger partial charge in [-0.15, -0.1) is 0 Å². The number of nitrogens with one attached hydrogen (secondary N) is 1. The summed E-state index contributed by atoms with van der Waals surface area (Å²) >= 11 is 5.40. The molecule has 1 saturated heterocycles. The van der Waals surface area contributed by atoms with Crippen LogP contribution in [0.1, 0.15) is 25.8 Å². The Kier molecular flexibility index (Phi) is 4.55. The van der Waals surface area contributed by atoms with Gasteiger partial charge in [-0.25, -0.2) is 0 Å². The molecule has 0 aliphatic carbocycles. The number of hydrogen-bond donors (Lipinski definition) is 1. The summed E-state index contributed by atoms with van der Waals surface area (Å²) in [4.78, 5) is 4.53. The molecule has 0 amide bonds. The van der Waals surface area contributed by atoms with E-state index in [2.05, 4.69) is 53.2 Å². The molecule has 2 rings (SSSR count). The highest BCUT2D eigenvalue weighted by molar-refractivity contribution is 7.80. The van der Waals surface area contributed by atoms with E-state index in [0.717, 1.165) is 37.8 Å². The predicted molar refractivity (Wildman–Crippen MR) is 80.8 cm³/mol. The van der Waals surface area contributed by atoms with Crippen LogP contribution in [0.25, 0.3) is 0 Å². The molecule has 0 bridgehead atoms. The van der Waals surface area contributed by atoms with Gasteiger partial charge in [0, 0.05) is 12.2 Å². The van der Waals surface area contributed by atoms with Gasteiger partial charge >= 0.3 is 0 Å². The first kappa shape index (κ1) is 13.3. The van der Waals surface area contributed by atoms with Crippen LogP contribution in [0.3, 0.4) is 0 Å². The van der Waals surface area contributed by atoms with Crippen LogP contribution in [0.4, 0.5) is 5.69 Å². The van der Waals surface area contributed by atoms with Crippen molar-refractivity contribution in [2.45, 2.75) is 26.7 Å². The largest absolute Gasteiger partial charge is 0.349 e. The van der Waals surface area contributed by atoms with Crippen LogP contribution in [0.5, 0.6) is 0 Å². The lowest BCUT2D eigenvalue weighted by Gasteiger charge is -2.37. The summed E-state index contributed by atoms with van der Waals surface area (Å²) in [5.74, 6) is 0. The van der Waals surface area contributed by atoms with E-state index in [1.165, 1.54) is 11.3 Å². The van der Waals surface area contributed by atoms with E-state index in [0.29, 0.717) is 0 Å². The average Bonchev–Trinajstić information content (AvgIpc) is 2.41. The molecular weight excluding hydrogens is 242 g/mol. The number of rotatable bonds is 4. The molecule has 98 valence electrons. The van der Waals surface area contributed by atoms with Gasteiger partial charge in [-0.2, -0.15) is 0 Å². The van der Waals surface area contributed by atoms with E-state index in [4.69, 9.17) is 12.2 Å². The molecule has 0 saturated carbocycles. The number of benzene rings is 1. The molecule has 1 aliphatic rings. The topological polar surface area (TPSA) is 18.5 Å². The standard InChI is InChI=1S/C14H21N3S/c1-3-9-16-10-15-14(18)17(11-16)13-7-5-12(4-2)6-8-13/h5-8H,3-4,9-11H2,1-2H3,(H,15,18). The highest BCUT2D eigenvalue weighted by atomic mass is 32.1. The molecule has 0 atom stereocenters. The second kappa shape index (κ2) is 6.16. The minimum Gasteiger partial charge on any atom is -0.349 e. The maximum Gasteiger partial charge on any atom is 0.175 e. The fourth-order valence-electron chi connectivity index (χ4n) is 2.17. The van der Waals surface area contributed by atoms with E-state index < -0.39 is 0 Å². The average molecular weight is 263 g/mol. The fourth-order valence-corrected chi connectivity index (χ4v) is 2.39. The van der Waals surface area contributed by atoms with Crippen LogP contribution in [-0.4, -0.2) is 29.9 Å². The van der Waals surface area contributed by atoms with Crippen molar-refractivity contribution < 1.29 is 0 Å². The van der Waals surface area contributed by atoms with Crippen molar-refractivity contribution in [1.29, 1.82) is 0 Å². The summed E-state index contributed by atoms with van der Waals surface area (Å²) in [5, 5.41) is 4.10. The van der Waals surface area contributed by atoms with Gasteiger partial charge in [-0.05, 0) is 42.8 Å². The Hall–Kier alpha value is -1.13. The van der Waals surface area contributed by atoms with Gasteiger partial charge in [0.25, 0.3) is 0 Å². The highest BCUT2D eigenvalue weighted by Gasteiger charge is 2.20. The minimum atomic E-state index is 0.826. The Balaban J connectivity index is 2.11. The Morgan fingerprint density at radius 1 is 1.22 bits per heavy atom. The van der Waals surface area contributed by atoms with Crippen LogP contribution in [0, 0.1) is 0 Å². The second-order valence-corrected chi connectivity index (χ2v) is 5.01. The van der Waals surface area contributed by atoms with Crippen LogP contribution < -0.4 is 10.2 Å². The van der Waals surface area contributed by atoms with E-state index in [1.807, 2.05) is 0 Å². The zero-order valence-electron chi connectivity index (χ0n) is 11.1. The number of thiocarbonyl (C=S) groups is 1. The molecule has 0 aromatic heterocycles. The van der Waals surface area contributed by atoms with Gasteiger partial charge in [0.1, 0.15) is 0 Å². The molecule has 0 radical (unpaired) electrons. The minimum absolute atomic E-state index is 0.826. The van der Waals surface area contributed by atoms with Crippen molar-refractivity contribution in [3.63, 3.8) is 0 Å². The first-order valence-electron chi connectivity index (χ1n) is 6.61. The van der Waals surface area contributed by atoms with Crippen molar-refractivity contribution >= 4 is 23.0 Å². The molecular formula is C14H21N3S. The van der Waals surface area contributed by atoms with Crippen LogP contribution in [-0.2, 0) is 6.42 Å². The van der Waals surface area contributed by atoms with E-state index in [9.17, 15) is 0 Å². The van der Waals surface area contributed by atoms with Crippen molar-refractivity contribution in [1.82, 2.24) is 10.2 Å². The second-order valence-electron chi connectivity index (χ2n) is 4.62. The molecule has 4 heteroatoms. The zero-order valence-corrected chi connectivity index (χ0v) is 12.0. The molecule has 1 aromatic rings. The molecule has 3 nitrogen and oxygen atoms in total. The van der Waals surface area contributed by atoms with Crippen molar-refractivity contribution in [2.75, 3.05) is 24.8 Å². The smallest absolute Gasteiger partial charge is 0.175 e. The quantitative estimate of drug-likeness (QED) is 0.841. The summed E-state index contributed by atoms with van der Waals surface area (Å²) in [7, 11) is 0. The van der Waals surface area contributed by atoms with Crippen LogP contribution in [0.15, 0.2) is 24.3 Å². The van der Waals surface area contributed by atoms with Gasteiger partial charge < -0.3 is 10.2 Å². The number of nitrogens with zero attached hydrogens (tertiary/aromatic N) is 2. The Morgan fingerprint density at radius 3 is 2.56 bits per heavy atom. The summed E-state index contributed by atoms with van der Waals surface area (Å²) in [5.41, 5.74) is 2.53. The molecule has 0 unspecified atom stereocenters. The summed E-state index contributed by atoms with van der Waals surface area (Å²) in [6.45, 7) is 7.21. The predicted octanol–water partition coefficient (Wildman–Crippen LogP) is 2.57. The summed E-state index contributed by atoms with van der Waals surface area (Å²) in [6, 6.07) is 8.66. The summed E-state index contributed by atoms with van der Waals surface area (Å²) in [6.07, 6.45) is 2.24. The SMILES string of the molecule is CCCN1CNC(=S)N(c2ccc(CC)cc2)C1. The maximum absolute atomic E-state index is 5.40. The van der Waals surface area contributed by atoms with E-state index in [1.54, 1.807) is 0 Å². The third-order valence-electron chi connectivity index (χ3n) is 3.24. The number of hydrogen-bond acceptors (Lipinski definition) is 2. The molecule has 1 aliphatic heterocycles. The monoisotopic (exact) mass is 263 g/mol. The lowest BCUT2D eigenvalue weighted by atomic mass is 10.1. The Bertz CT molecular complexity index is 402. The number of anilines is 1. The summed E-state index contributed by atoms with van der Waals surface area (Å²) < 4.78 is 0. The third-order valence-corrected chi connectivity index (χ3v) is 3.60. The first-order chi connectivity index (χ1) is 8.74. The molecule has 1 N–H and O–H groups in total. The molecule has 1 heterocycles. The zero-order chi connectivity index (χ0) is 13.0. The van der Waals surface area contributed by atoms with Gasteiger partial charge in [0.2, 0.25) is 0 Å². The van der Waals surface area contributed by atoms with Crippen LogP contribution >= 0.6 is 12.2 Å². The van der Waals surface area contributed by atoms with E-state index >= 15 is 0 Å².